The van der Waals surface area contributed by atoms with Gasteiger partial charge in [-0.25, -0.2) is 13.1 Å². The molecule has 1 aliphatic heterocycles. The first-order valence-electron chi connectivity index (χ1n) is 10.9. The molecule has 2 aliphatic rings. The Morgan fingerprint density at radius 3 is 2.21 bits per heavy atom. The number of hydrogen-bond donors (Lipinski definition) is 1. The smallest absolute Gasteiger partial charge is 0.247 e. The third-order valence-corrected chi connectivity index (χ3v) is 6.97. The van der Waals surface area contributed by atoms with E-state index in [-0.39, 0.29) is 30.2 Å². The molecule has 9 heteroatoms. The van der Waals surface area contributed by atoms with Crippen molar-refractivity contribution in [1.29, 1.82) is 0 Å². The SMILES string of the molecule is CCCN(CCC)C1=C(S(=O)(=O)NCc2ccc3c(c2)OCO3)C(=O)c2ccccc2C1=O. The number of benzene rings is 2. The highest BCUT2D eigenvalue weighted by Gasteiger charge is 2.41. The van der Waals surface area contributed by atoms with Crippen molar-refractivity contribution in [2.24, 2.45) is 0 Å². The number of Topliss-reactive ketones (excluding diaryl/α,β-unsaturated/α-hetero) is 2. The van der Waals surface area contributed by atoms with E-state index in [1.165, 1.54) is 6.07 Å². The van der Waals surface area contributed by atoms with E-state index in [1.807, 2.05) is 13.8 Å². The largest absolute Gasteiger partial charge is 0.454 e. The van der Waals surface area contributed by atoms with Crippen LogP contribution in [-0.4, -0.2) is 44.8 Å². The first-order valence-corrected chi connectivity index (χ1v) is 12.4. The lowest BCUT2D eigenvalue weighted by molar-refractivity contribution is 0.0946. The molecular formula is C24H26N2O6S. The number of sulfonamides is 1. The van der Waals surface area contributed by atoms with Gasteiger partial charge in [0.25, 0.3) is 0 Å². The fraction of sp³-hybridized carbons (Fsp3) is 0.333. The molecular weight excluding hydrogens is 444 g/mol. The number of nitrogens with zero attached hydrogens (tertiary/aromatic N) is 1. The predicted molar refractivity (Wildman–Crippen MR) is 123 cm³/mol. The van der Waals surface area contributed by atoms with E-state index in [2.05, 4.69) is 4.72 Å². The minimum absolute atomic E-state index is 0.0550. The maximum absolute atomic E-state index is 13.5. The van der Waals surface area contributed by atoms with Crippen LogP contribution in [0.15, 0.2) is 53.1 Å². The van der Waals surface area contributed by atoms with Crippen LogP contribution < -0.4 is 14.2 Å². The van der Waals surface area contributed by atoms with Gasteiger partial charge in [-0.2, -0.15) is 0 Å². The van der Waals surface area contributed by atoms with Crippen LogP contribution in [-0.2, 0) is 16.6 Å². The summed E-state index contributed by atoms with van der Waals surface area (Å²) in [5.41, 5.74) is 0.909. The minimum Gasteiger partial charge on any atom is -0.454 e. The summed E-state index contributed by atoms with van der Waals surface area (Å²) < 4.78 is 40.0. The van der Waals surface area contributed by atoms with Gasteiger partial charge in [0.2, 0.25) is 28.4 Å². The topological polar surface area (TPSA) is 102 Å². The number of rotatable bonds is 9. The van der Waals surface area contributed by atoms with Crippen LogP contribution in [0.5, 0.6) is 11.5 Å². The van der Waals surface area contributed by atoms with Crippen molar-refractivity contribution >= 4 is 21.6 Å². The summed E-state index contributed by atoms with van der Waals surface area (Å²) in [6.45, 7) is 4.86. The Hall–Kier alpha value is -3.17. The summed E-state index contributed by atoms with van der Waals surface area (Å²) in [7, 11) is -4.31. The summed E-state index contributed by atoms with van der Waals surface area (Å²) in [5.74, 6) is -0.00120. The van der Waals surface area contributed by atoms with E-state index < -0.39 is 26.5 Å². The fourth-order valence-electron chi connectivity index (χ4n) is 4.05. The summed E-state index contributed by atoms with van der Waals surface area (Å²) in [6.07, 6.45) is 1.40. The molecule has 0 amide bonds. The lowest BCUT2D eigenvalue weighted by Crippen LogP contribution is -2.40. The van der Waals surface area contributed by atoms with Gasteiger partial charge < -0.3 is 14.4 Å². The summed E-state index contributed by atoms with van der Waals surface area (Å²) >= 11 is 0. The van der Waals surface area contributed by atoms with Crippen molar-refractivity contribution in [3.8, 4) is 11.5 Å². The Labute approximate surface area is 193 Å². The van der Waals surface area contributed by atoms with E-state index >= 15 is 0 Å². The molecule has 174 valence electrons. The molecule has 0 spiro atoms. The van der Waals surface area contributed by atoms with Gasteiger partial charge in [0.1, 0.15) is 5.70 Å². The molecule has 0 unspecified atom stereocenters. The molecule has 1 heterocycles. The van der Waals surface area contributed by atoms with Crippen LogP contribution in [0.3, 0.4) is 0 Å². The fourth-order valence-corrected chi connectivity index (χ4v) is 5.38. The molecule has 0 aromatic heterocycles. The average molecular weight is 471 g/mol. The van der Waals surface area contributed by atoms with Gasteiger partial charge in [0.15, 0.2) is 16.4 Å². The number of ether oxygens (including phenoxy) is 2. The number of hydrogen-bond acceptors (Lipinski definition) is 7. The van der Waals surface area contributed by atoms with Crippen LogP contribution in [0, 0.1) is 0 Å². The zero-order chi connectivity index (χ0) is 23.6. The molecule has 1 N–H and O–H groups in total. The molecule has 0 bridgehead atoms. The number of ketones is 2. The highest BCUT2D eigenvalue weighted by molar-refractivity contribution is 7.94. The number of carbonyl (C=O) groups is 2. The Kier molecular flexibility index (Phi) is 6.53. The standard InChI is InChI=1S/C24H26N2O6S/c1-3-11-26(12-4-2)21-22(27)17-7-5-6-8-18(17)23(28)24(21)33(29,30)25-14-16-9-10-19-20(13-16)32-15-31-19/h5-10,13,25H,3-4,11-12,14-15H2,1-2H3. The van der Waals surface area contributed by atoms with E-state index in [0.717, 1.165) is 0 Å². The lowest BCUT2D eigenvalue weighted by Gasteiger charge is -2.30. The molecule has 0 radical (unpaired) electrons. The van der Waals surface area contributed by atoms with Crippen LogP contribution >= 0.6 is 0 Å². The molecule has 0 saturated carbocycles. The monoisotopic (exact) mass is 470 g/mol. The van der Waals surface area contributed by atoms with Gasteiger partial charge in [0, 0.05) is 30.8 Å². The second-order valence-electron chi connectivity index (χ2n) is 7.88. The minimum atomic E-state index is -4.31. The van der Waals surface area contributed by atoms with E-state index in [1.54, 1.807) is 41.3 Å². The molecule has 2 aromatic rings. The molecule has 8 nitrogen and oxygen atoms in total. The quantitative estimate of drug-likeness (QED) is 0.600. The van der Waals surface area contributed by atoms with E-state index in [4.69, 9.17) is 9.47 Å². The van der Waals surface area contributed by atoms with Crippen LogP contribution in [0.2, 0.25) is 0 Å². The van der Waals surface area contributed by atoms with Gasteiger partial charge in [-0.05, 0) is 30.5 Å². The number of nitrogens with one attached hydrogen (secondary N) is 1. The second kappa shape index (κ2) is 9.36. The number of allylic oxidation sites excluding steroid dienone is 2. The van der Waals surface area contributed by atoms with Crippen LogP contribution in [0.25, 0.3) is 0 Å². The summed E-state index contributed by atoms with van der Waals surface area (Å²) in [5, 5.41) is 0. The van der Waals surface area contributed by atoms with Gasteiger partial charge in [-0.1, -0.05) is 44.2 Å². The van der Waals surface area contributed by atoms with Crippen molar-refractivity contribution in [3.05, 3.63) is 69.8 Å². The van der Waals surface area contributed by atoms with Crippen LogP contribution in [0.4, 0.5) is 0 Å². The Balaban J connectivity index is 1.74. The highest BCUT2D eigenvalue weighted by Crippen LogP contribution is 2.34. The van der Waals surface area contributed by atoms with Crippen LogP contribution in [0.1, 0.15) is 53.0 Å². The van der Waals surface area contributed by atoms with E-state index in [0.29, 0.717) is 43.0 Å². The lowest BCUT2D eigenvalue weighted by atomic mass is 9.91. The van der Waals surface area contributed by atoms with Gasteiger partial charge in [0.05, 0.1) is 0 Å². The van der Waals surface area contributed by atoms with E-state index in [9.17, 15) is 18.0 Å². The second-order valence-corrected chi connectivity index (χ2v) is 9.58. The normalized spacial score (nSPS) is 15.1. The molecule has 4 rings (SSSR count). The van der Waals surface area contributed by atoms with Gasteiger partial charge in [-0.15, -0.1) is 0 Å². The molecule has 0 atom stereocenters. The van der Waals surface area contributed by atoms with Gasteiger partial charge in [-0.3, -0.25) is 9.59 Å². The van der Waals surface area contributed by atoms with Crippen molar-refractivity contribution in [2.45, 2.75) is 33.2 Å². The predicted octanol–water partition coefficient (Wildman–Crippen LogP) is 3.25. The molecule has 0 fully saturated rings. The first-order chi connectivity index (χ1) is 15.9. The highest BCUT2D eigenvalue weighted by atomic mass is 32.2. The number of carbonyl (C=O) groups excluding carboxylic acids is 2. The summed E-state index contributed by atoms with van der Waals surface area (Å²) in [6, 6.07) is 11.4. The summed E-state index contributed by atoms with van der Waals surface area (Å²) in [4.78, 5) is 28.1. The van der Waals surface area contributed by atoms with Crippen molar-refractivity contribution in [2.75, 3.05) is 19.9 Å². The Morgan fingerprint density at radius 1 is 0.909 bits per heavy atom. The Bertz CT molecular complexity index is 1230. The van der Waals surface area contributed by atoms with Crippen molar-refractivity contribution in [1.82, 2.24) is 9.62 Å². The third kappa shape index (κ3) is 4.38. The molecule has 2 aromatic carbocycles. The first kappa shape index (κ1) is 23.0. The molecule has 1 aliphatic carbocycles. The van der Waals surface area contributed by atoms with Crippen molar-refractivity contribution in [3.63, 3.8) is 0 Å². The Morgan fingerprint density at radius 2 is 1.55 bits per heavy atom. The van der Waals surface area contributed by atoms with Gasteiger partial charge >= 0.3 is 0 Å². The number of fused-ring (bicyclic) bond motifs is 2. The zero-order valence-electron chi connectivity index (χ0n) is 18.6. The van der Waals surface area contributed by atoms with Crippen molar-refractivity contribution < 1.29 is 27.5 Å². The maximum Gasteiger partial charge on any atom is 0.247 e. The molecule has 33 heavy (non-hydrogen) atoms. The third-order valence-electron chi connectivity index (χ3n) is 5.53. The molecule has 0 saturated heterocycles. The maximum atomic E-state index is 13.5. The zero-order valence-corrected chi connectivity index (χ0v) is 19.4. The average Bonchev–Trinajstić information content (AvgIpc) is 3.28.